The van der Waals surface area contributed by atoms with Crippen molar-refractivity contribution in [3.8, 4) is 0 Å². The molecule has 0 saturated heterocycles. The summed E-state index contributed by atoms with van der Waals surface area (Å²) in [6, 6.07) is 0. The van der Waals surface area contributed by atoms with Gasteiger partial charge in [0.2, 0.25) is 5.91 Å². The molecule has 0 aromatic rings. The molecule has 1 aliphatic carbocycles. The van der Waals surface area contributed by atoms with Crippen molar-refractivity contribution >= 4 is 11.9 Å². The maximum Gasteiger partial charge on any atom is 0.311 e. The lowest BCUT2D eigenvalue weighted by molar-refractivity contribution is -0.149. The summed E-state index contributed by atoms with van der Waals surface area (Å²) >= 11 is 0. The molecule has 1 aliphatic rings. The first-order valence-corrected chi connectivity index (χ1v) is 7.18. The SMILES string of the molecule is CCC(CC)(CNC(=O)C1(CN)CCCC1)C(=O)O. The van der Waals surface area contributed by atoms with E-state index in [9.17, 15) is 14.7 Å². The molecule has 5 heteroatoms. The Bertz CT molecular complexity index is 332. The fraction of sp³-hybridized carbons (Fsp3) is 0.857. The minimum atomic E-state index is -0.857. The first kappa shape index (κ1) is 16.0. The van der Waals surface area contributed by atoms with E-state index in [-0.39, 0.29) is 12.5 Å². The van der Waals surface area contributed by atoms with Gasteiger partial charge < -0.3 is 16.2 Å². The molecular formula is C14H26N2O3. The highest BCUT2D eigenvalue weighted by Crippen LogP contribution is 2.37. The highest BCUT2D eigenvalue weighted by atomic mass is 16.4. The molecule has 0 radical (unpaired) electrons. The summed E-state index contributed by atoms with van der Waals surface area (Å²) in [5.74, 6) is -0.911. The minimum absolute atomic E-state index is 0.0694. The molecule has 1 amide bonds. The van der Waals surface area contributed by atoms with Gasteiger partial charge in [-0.25, -0.2) is 0 Å². The first-order chi connectivity index (χ1) is 8.96. The largest absolute Gasteiger partial charge is 0.481 e. The highest BCUT2D eigenvalue weighted by molar-refractivity contribution is 5.84. The van der Waals surface area contributed by atoms with Crippen molar-refractivity contribution in [3.63, 3.8) is 0 Å². The van der Waals surface area contributed by atoms with Crippen LogP contribution in [0.1, 0.15) is 52.4 Å². The summed E-state index contributed by atoms with van der Waals surface area (Å²) < 4.78 is 0. The average molecular weight is 270 g/mol. The number of nitrogens with one attached hydrogen (secondary N) is 1. The Labute approximate surface area is 114 Å². The third-order valence-corrected chi connectivity index (χ3v) is 4.83. The Morgan fingerprint density at radius 1 is 1.26 bits per heavy atom. The molecule has 0 aromatic heterocycles. The molecule has 0 aromatic carbocycles. The molecule has 1 rings (SSSR count). The number of hydrogen-bond acceptors (Lipinski definition) is 3. The van der Waals surface area contributed by atoms with Gasteiger partial charge >= 0.3 is 5.97 Å². The van der Waals surface area contributed by atoms with Gasteiger partial charge in [-0.3, -0.25) is 9.59 Å². The molecular weight excluding hydrogens is 244 g/mol. The number of aliphatic carboxylic acids is 1. The zero-order chi connectivity index (χ0) is 14.5. The van der Waals surface area contributed by atoms with E-state index in [1.54, 1.807) is 0 Å². The van der Waals surface area contributed by atoms with Crippen molar-refractivity contribution < 1.29 is 14.7 Å². The predicted molar refractivity (Wildman–Crippen MR) is 73.6 cm³/mol. The second-order valence-electron chi connectivity index (χ2n) is 5.67. The van der Waals surface area contributed by atoms with E-state index in [0.717, 1.165) is 25.7 Å². The number of carbonyl (C=O) groups is 2. The quantitative estimate of drug-likeness (QED) is 0.654. The van der Waals surface area contributed by atoms with Gasteiger partial charge in [0.15, 0.2) is 0 Å². The number of nitrogens with two attached hydrogens (primary N) is 1. The van der Waals surface area contributed by atoms with Crippen LogP contribution >= 0.6 is 0 Å². The summed E-state index contributed by atoms with van der Waals surface area (Å²) in [7, 11) is 0. The van der Waals surface area contributed by atoms with Crippen LogP contribution in [0, 0.1) is 10.8 Å². The van der Waals surface area contributed by atoms with Crippen molar-refractivity contribution in [1.29, 1.82) is 0 Å². The molecule has 4 N–H and O–H groups in total. The van der Waals surface area contributed by atoms with Crippen molar-refractivity contribution in [1.82, 2.24) is 5.32 Å². The van der Waals surface area contributed by atoms with E-state index in [2.05, 4.69) is 5.32 Å². The maximum atomic E-state index is 12.3. The van der Waals surface area contributed by atoms with Crippen molar-refractivity contribution in [3.05, 3.63) is 0 Å². The van der Waals surface area contributed by atoms with Crippen molar-refractivity contribution in [2.75, 3.05) is 13.1 Å². The normalized spacial score (nSPS) is 18.3. The van der Waals surface area contributed by atoms with Crippen LogP contribution in [-0.4, -0.2) is 30.1 Å². The Balaban J connectivity index is 2.69. The predicted octanol–water partition coefficient (Wildman–Crippen LogP) is 1.51. The lowest BCUT2D eigenvalue weighted by atomic mass is 9.81. The van der Waals surface area contributed by atoms with E-state index in [0.29, 0.717) is 19.4 Å². The van der Waals surface area contributed by atoms with Crippen LogP contribution in [-0.2, 0) is 9.59 Å². The zero-order valence-electron chi connectivity index (χ0n) is 12.0. The van der Waals surface area contributed by atoms with E-state index in [4.69, 9.17) is 5.73 Å². The summed E-state index contributed by atoms with van der Waals surface area (Å²) in [5, 5.41) is 12.2. The molecule has 19 heavy (non-hydrogen) atoms. The first-order valence-electron chi connectivity index (χ1n) is 7.18. The lowest BCUT2D eigenvalue weighted by Crippen LogP contribution is -2.49. The summed E-state index contributed by atoms with van der Waals surface area (Å²) in [5.41, 5.74) is 4.43. The Morgan fingerprint density at radius 2 is 1.79 bits per heavy atom. The molecule has 0 spiro atoms. The standard InChI is InChI=1S/C14H26N2O3/c1-3-13(4-2,12(18)19)10-16-11(17)14(9-15)7-5-6-8-14/h3-10,15H2,1-2H3,(H,16,17)(H,18,19). The van der Waals surface area contributed by atoms with Crippen LogP contribution in [0.3, 0.4) is 0 Å². The van der Waals surface area contributed by atoms with E-state index >= 15 is 0 Å². The summed E-state index contributed by atoms with van der Waals surface area (Å²) in [6.07, 6.45) is 4.69. The molecule has 5 nitrogen and oxygen atoms in total. The van der Waals surface area contributed by atoms with Crippen LogP contribution in [0.2, 0.25) is 0 Å². The third-order valence-electron chi connectivity index (χ3n) is 4.83. The highest BCUT2D eigenvalue weighted by Gasteiger charge is 2.42. The molecule has 1 saturated carbocycles. The van der Waals surface area contributed by atoms with Gasteiger partial charge in [0.1, 0.15) is 0 Å². The van der Waals surface area contributed by atoms with Gasteiger partial charge in [0.25, 0.3) is 0 Å². The van der Waals surface area contributed by atoms with E-state index in [1.165, 1.54) is 0 Å². The number of carboxylic acid groups (broad SMARTS) is 1. The monoisotopic (exact) mass is 270 g/mol. The van der Waals surface area contributed by atoms with Gasteiger partial charge in [-0.2, -0.15) is 0 Å². The maximum absolute atomic E-state index is 12.3. The lowest BCUT2D eigenvalue weighted by Gasteiger charge is -2.31. The smallest absolute Gasteiger partial charge is 0.311 e. The topological polar surface area (TPSA) is 92.4 Å². The third kappa shape index (κ3) is 3.08. The van der Waals surface area contributed by atoms with Gasteiger partial charge in [0.05, 0.1) is 10.8 Å². The number of carboxylic acids is 1. The van der Waals surface area contributed by atoms with Crippen LogP contribution < -0.4 is 11.1 Å². The summed E-state index contributed by atoms with van der Waals surface area (Å²) in [6.45, 7) is 4.23. The van der Waals surface area contributed by atoms with Crippen LogP contribution in [0.5, 0.6) is 0 Å². The van der Waals surface area contributed by atoms with E-state index in [1.807, 2.05) is 13.8 Å². The van der Waals surface area contributed by atoms with Crippen LogP contribution in [0.4, 0.5) is 0 Å². The molecule has 110 valence electrons. The Hall–Kier alpha value is -1.10. The zero-order valence-corrected chi connectivity index (χ0v) is 12.0. The fourth-order valence-electron chi connectivity index (χ4n) is 2.89. The second kappa shape index (κ2) is 6.37. The molecule has 0 unspecified atom stereocenters. The molecule has 0 bridgehead atoms. The van der Waals surface area contributed by atoms with Gasteiger partial charge in [-0.15, -0.1) is 0 Å². The molecule has 0 atom stereocenters. The van der Waals surface area contributed by atoms with E-state index < -0.39 is 16.8 Å². The number of amides is 1. The van der Waals surface area contributed by atoms with Gasteiger partial charge in [-0.05, 0) is 25.7 Å². The number of rotatable bonds is 7. The fourth-order valence-corrected chi connectivity index (χ4v) is 2.89. The number of carbonyl (C=O) groups excluding carboxylic acids is 1. The van der Waals surface area contributed by atoms with Crippen LogP contribution in [0.25, 0.3) is 0 Å². The van der Waals surface area contributed by atoms with Gasteiger partial charge in [0, 0.05) is 13.1 Å². The summed E-state index contributed by atoms with van der Waals surface area (Å²) in [4.78, 5) is 23.7. The Kier molecular flexibility index (Phi) is 5.35. The molecule has 1 fully saturated rings. The number of hydrogen-bond donors (Lipinski definition) is 3. The van der Waals surface area contributed by atoms with Gasteiger partial charge in [-0.1, -0.05) is 26.7 Å². The average Bonchev–Trinajstić information content (AvgIpc) is 2.90. The van der Waals surface area contributed by atoms with Crippen molar-refractivity contribution in [2.24, 2.45) is 16.6 Å². The van der Waals surface area contributed by atoms with Crippen molar-refractivity contribution in [2.45, 2.75) is 52.4 Å². The molecule has 0 heterocycles. The van der Waals surface area contributed by atoms with Crippen LogP contribution in [0.15, 0.2) is 0 Å². The molecule has 0 aliphatic heterocycles. The second-order valence-corrected chi connectivity index (χ2v) is 5.67. The Morgan fingerprint density at radius 3 is 2.16 bits per heavy atom. The minimum Gasteiger partial charge on any atom is -0.481 e.